The summed E-state index contributed by atoms with van der Waals surface area (Å²) >= 11 is 0. The predicted octanol–water partition coefficient (Wildman–Crippen LogP) is 7.71. The van der Waals surface area contributed by atoms with Crippen molar-refractivity contribution in [2.45, 2.75) is 195 Å². The molecule has 2 saturated heterocycles. The first-order valence-electron chi connectivity index (χ1n) is 23.1. The Morgan fingerprint density at radius 1 is 0.529 bits per heavy atom. The van der Waals surface area contributed by atoms with E-state index in [9.17, 15) is 28.8 Å². The van der Waals surface area contributed by atoms with Crippen molar-refractivity contribution in [2.75, 3.05) is 52.9 Å². The molecule has 0 radical (unpaired) electrons. The quantitative estimate of drug-likeness (QED) is 0.0924. The minimum absolute atomic E-state index is 0.00358. The largest absolute Gasteiger partial charge is 0.458 e. The van der Waals surface area contributed by atoms with Gasteiger partial charge in [-0.15, -0.1) is 13.2 Å². The van der Waals surface area contributed by atoms with Crippen LogP contribution in [-0.2, 0) is 66.4 Å². The molecule has 0 aromatic carbocycles. The van der Waals surface area contributed by atoms with Crippen molar-refractivity contribution in [3.05, 3.63) is 25.3 Å². The maximum atomic E-state index is 13.2. The molecule has 2 fully saturated rings. The first-order valence-corrected chi connectivity index (χ1v) is 23.1. The van der Waals surface area contributed by atoms with E-state index in [1.807, 2.05) is 13.8 Å². The molecule has 0 bridgehead atoms. The lowest BCUT2D eigenvalue weighted by molar-refractivity contribution is -0.169. The van der Waals surface area contributed by atoms with Crippen LogP contribution in [0.15, 0.2) is 25.3 Å². The van der Waals surface area contributed by atoms with E-state index in [4.69, 9.17) is 56.8 Å². The van der Waals surface area contributed by atoms with E-state index >= 15 is 0 Å². The van der Waals surface area contributed by atoms with Gasteiger partial charge in [-0.3, -0.25) is 0 Å². The van der Waals surface area contributed by atoms with Gasteiger partial charge in [0.2, 0.25) is 0 Å². The molecule has 4 amide bonds. The summed E-state index contributed by atoms with van der Waals surface area (Å²) in [5, 5.41) is 0. The van der Waals surface area contributed by atoms with Crippen molar-refractivity contribution in [1.82, 2.24) is 9.80 Å². The Labute approximate surface area is 403 Å². The third kappa shape index (κ3) is 22.8. The molecule has 0 saturated carbocycles. The Morgan fingerprint density at radius 2 is 0.838 bits per heavy atom. The van der Waals surface area contributed by atoms with Gasteiger partial charge in [-0.1, -0.05) is 26.0 Å². The summed E-state index contributed by atoms with van der Waals surface area (Å²) < 4.78 is 67.7. The zero-order valence-corrected chi connectivity index (χ0v) is 43.5. The van der Waals surface area contributed by atoms with Gasteiger partial charge in [-0.05, 0) is 110 Å². The third-order valence-electron chi connectivity index (χ3n) is 8.79. The number of imide groups is 2. The molecule has 2 aliphatic heterocycles. The number of cyclic esters (lactones) is 2. The molecular formula is C48H82N2O18. The summed E-state index contributed by atoms with van der Waals surface area (Å²) in [4.78, 5) is 79.5. The first kappa shape index (κ1) is 61.7. The molecule has 2 aliphatic rings. The summed E-state index contributed by atoms with van der Waals surface area (Å²) in [5.74, 6) is -1.70. The van der Waals surface area contributed by atoms with Gasteiger partial charge < -0.3 is 56.8 Å². The number of carbonyl (C=O) groups excluding carboxylic acids is 6. The SMILES string of the molecule is C=CCO[C@H]1[C@H](C)OC(=O)[C@@H](N(C(=O)OC(C)(C)C)C(=O)OC(C)(C)C)COC[C@@H]1OCC=C.CCCO[C@H]1[C@H](C)OC(=O)[C@@H](N(C(=O)OC(C)(C)C)C(=O)OC(C)(C)C)COC[C@@H]1OCCC. The number of rotatable bonds is 14. The van der Waals surface area contributed by atoms with Gasteiger partial charge in [0.25, 0.3) is 0 Å². The molecule has 0 unspecified atom stereocenters. The number of esters is 2. The molecular weight excluding hydrogens is 893 g/mol. The Hall–Kier alpha value is -4.34. The van der Waals surface area contributed by atoms with Crippen molar-refractivity contribution in [2.24, 2.45) is 0 Å². The third-order valence-corrected chi connectivity index (χ3v) is 8.79. The Kier molecular flexibility index (Phi) is 25.7. The van der Waals surface area contributed by atoms with E-state index < -0.39 is 107 Å². The van der Waals surface area contributed by atoms with Gasteiger partial charge in [0.15, 0.2) is 12.1 Å². The van der Waals surface area contributed by atoms with Crippen LogP contribution >= 0.6 is 0 Å². The highest BCUT2D eigenvalue weighted by atomic mass is 16.6. The summed E-state index contributed by atoms with van der Waals surface area (Å²) in [6.45, 7) is 35.1. The van der Waals surface area contributed by atoms with Gasteiger partial charge in [-0.2, -0.15) is 9.80 Å². The zero-order valence-electron chi connectivity index (χ0n) is 43.5. The smallest absolute Gasteiger partial charge is 0.420 e. The molecule has 68 heavy (non-hydrogen) atoms. The van der Waals surface area contributed by atoms with Crippen molar-refractivity contribution >= 4 is 36.3 Å². The van der Waals surface area contributed by atoms with Crippen LogP contribution in [-0.4, -0.2) is 170 Å². The van der Waals surface area contributed by atoms with Crippen molar-refractivity contribution in [3.63, 3.8) is 0 Å². The number of amides is 4. The lowest BCUT2D eigenvalue weighted by atomic mass is 10.1. The Bertz CT molecular complexity index is 1570. The molecule has 0 aliphatic carbocycles. The first-order chi connectivity index (χ1) is 31.4. The number of ether oxygens (including phenoxy) is 12. The van der Waals surface area contributed by atoms with Crippen LogP contribution in [0.3, 0.4) is 0 Å². The maximum Gasteiger partial charge on any atom is 0.420 e. The van der Waals surface area contributed by atoms with Crippen LogP contribution in [0.25, 0.3) is 0 Å². The Morgan fingerprint density at radius 3 is 1.16 bits per heavy atom. The van der Waals surface area contributed by atoms with Crippen LogP contribution in [0.4, 0.5) is 19.2 Å². The zero-order chi connectivity index (χ0) is 52.2. The molecule has 2 rings (SSSR count). The number of hydrogen-bond donors (Lipinski definition) is 0. The second kappa shape index (κ2) is 28.4. The van der Waals surface area contributed by atoms with Crippen LogP contribution < -0.4 is 0 Å². The van der Waals surface area contributed by atoms with Crippen molar-refractivity contribution < 1.29 is 85.6 Å². The van der Waals surface area contributed by atoms with E-state index in [1.165, 1.54) is 0 Å². The highest BCUT2D eigenvalue weighted by molar-refractivity contribution is 5.95. The Balaban J connectivity index is 0.000000680. The highest BCUT2D eigenvalue weighted by Gasteiger charge is 2.46. The molecule has 0 aromatic rings. The molecule has 20 heteroatoms. The topological polar surface area (TPSA) is 220 Å². The normalized spacial score (nSPS) is 24.2. The average Bonchev–Trinajstić information content (AvgIpc) is 3.26. The van der Waals surface area contributed by atoms with E-state index in [0.717, 1.165) is 12.8 Å². The minimum Gasteiger partial charge on any atom is -0.458 e. The van der Waals surface area contributed by atoms with E-state index in [1.54, 1.807) is 109 Å². The van der Waals surface area contributed by atoms with Crippen LogP contribution in [0.5, 0.6) is 0 Å². The number of nitrogens with zero attached hydrogens (tertiary/aromatic N) is 2. The monoisotopic (exact) mass is 975 g/mol. The van der Waals surface area contributed by atoms with Gasteiger partial charge in [-0.25, -0.2) is 28.8 Å². The number of carbonyl (C=O) groups is 6. The van der Waals surface area contributed by atoms with Crippen molar-refractivity contribution in [1.29, 1.82) is 0 Å². The molecule has 2 heterocycles. The lowest BCUT2D eigenvalue weighted by Gasteiger charge is -2.32. The van der Waals surface area contributed by atoms with Gasteiger partial charge in [0.05, 0.1) is 39.6 Å². The minimum atomic E-state index is -1.45. The fraction of sp³-hybridized carbons (Fsp3) is 0.792. The van der Waals surface area contributed by atoms with Crippen molar-refractivity contribution in [3.8, 4) is 0 Å². The van der Waals surface area contributed by atoms with Gasteiger partial charge >= 0.3 is 36.3 Å². The fourth-order valence-electron chi connectivity index (χ4n) is 6.11. The molecule has 392 valence electrons. The second-order valence-electron chi connectivity index (χ2n) is 20.0. The second-order valence-corrected chi connectivity index (χ2v) is 20.0. The van der Waals surface area contributed by atoms with E-state index in [0.29, 0.717) is 23.0 Å². The summed E-state index contributed by atoms with van der Waals surface area (Å²) in [5.41, 5.74) is -3.68. The summed E-state index contributed by atoms with van der Waals surface area (Å²) in [6, 6.07) is -2.87. The van der Waals surface area contributed by atoms with Gasteiger partial charge in [0, 0.05) is 13.2 Å². The fourth-order valence-corrected chi connectivity index (χ4v) is 6.11. The number of hydrogen-bond acceptors (Lipinski definition) is 18. The molecule has 0 N–H and O–H groups in total. The standard InChI is InChI=1S/C24H43NO9.C24H39NO9/c2*1-10-12-30-18-15-29-14-17(20(26)32-16(3)19(18)31-13-11-2)25(21(27)33-23(4,5)6)22(28)34-24(7,8)9/h16-19H,10-15H2,1-9H3;10-11,16-19H,1-2,12-15H2,3-9H3/t2*16-,17-,18-,19-/m00/s1. The molecule has 0 spiro atoms. The molecule has 0 aromatic heterocycles. The van der Waals surface area contributed by atoms with Gasteiger partial charge in [0.1, 0.15) is 59.0 Å². The summed E-state index contributed by atoms with van der Waals surface area (Å²) in [6.07, 6.45) is -3.39. The van der Waals surface area contributed by atoms with Crippen LogP contribution in [0.1, 0.15) is 124 Å². The molecule has 20 nitrogen and oxygen atoms in total. The van der Waals surface area contributed by atoms with E-state index in [-0.39, 0.29) is 39.6 Å². The van der Waals surface area contributed by atoms with Crippen LogP contribution in [0.2, 0.25) is 0 Å². The summed E-state index contributed by atoms with van der Waals surface area (Å²) in [7, 11) is 0. The highest BCUT2D eigenvalue weighted by Crippen LogP contribution is 2.24. The average molecular weight is 975 g/mol. The van der Waals surface area contributed by atoms with E-state index in [2.05, 4.69) is 13.2 Å². The van der Waals surface area contributed by atoms with Crippen LogP contribution in [0, 0.1) is 0 Å². The lowest BCUT2D eigenvalue weighted by Crippen LogP contribution is -2.54. The maximum absolute atomic E-state index is 13.2. The molecule has 8 atom stereocenters. The predicted molar refractivity (Wildman–Crippen MR) is 249 cm³/mol.